The molecule has 0 aliphatic carbocycles. The van der Waals surface area contributed by atoms with Crippen molar-refractivity contribution >= 4 is 11.6 Å². The monoisotopic (exact) mass is 219 g/mol. The Labute approximate surface area is 95.5 Å². The minimum absolute atomic E-state index is 0.0375. The number of hydrogen-bond donors (Lipinski definition) is 2. The van der Waals surface area contributed by atoms with E-state index in [1.54, 1.807) is 6.07 Å². The molecule has 0 saturated carbocycles. The van der Waals surface area contributed by atoms with Crippen LogP contribution in [-0.2, 0) is 11.2 Å². The molecular formula is C13H17NO2. The molecule has 0 atom stereocenters. The minimum atomic E-state index is 0.0375. The Hall–Kier alpha value is -1.51. The van der Waals surface area contributed by atoms with Gasteiger partial charge in [0.25, 0.3) is 0 Å². The summed E-state index contributed by atoms with van der Waals surface area (Å²) in [5.74, 6) is 0.607. The molecule has 86 valence electrons. The van der Waals surface area contributed by atoms with Gasteiger partial charge in [-0.2, -0.15) is 0 Å². The van der Waals surface area contributed by atoms with Gasteiger partial charge >= 0.3 is 0 Å². The van der Waals surface area contributed by atoms with Gasteiger partial charge in [0.1, 0.15) is 5.75 Å². The predicted molar refractivity (Wildman–Crippen MR) is 63.8 cm³/mol. The standard InChI is InChI=1S/C13H17NO2/c1-8(2)10-6-9-4-3-5-13(16)14-11(9)7-12(10)15/h6-8,15H,3-5H2,1-2H3,(H,14,16). The molecule has 16 heavy (non-hydrogen) atoms. The van der Waals surface area contributed by atoms with Crippen LogP contribution in [-0.4, -0.2) is 11.0 Å². The summed E-state index contributed by atoms with van der Waals surface area (Å²) in [6, 6.07) is 3.69. The Bertz CT molecular complexity index is 424. The average molecular weight is 219 g/mol. The normalized spacial score (nSPS) is 15.6. The Balaban J connectivity index is 2.45. The fraction of sp³-hybridized carbons (Fsp3) is 0.462. The quantitative estimate of drug-likeness (QED) is 0.763. The van der Waals surface area contributed by atoms with E-state index in [2.05, 4.69) is 19.2 Å². The van der Waals surface area contributed by atoms with Crippen LogP contribution in [0.3, 0.4) is 0 Å². The molecule has 1 aliphatic heterocycles. The van der Waals surface area contributed by atoms with Crippen molar-refractivity contribution in [3.05, 3.63) is 23.3 Å². The molecule has 0 unspecified atom stereocenters. The first-order valence-electron chi connectivity index (χ1n) is 5.73. The number of amides is 1. The first kappa shape index (κ1) is 11.0. The van der Waals surface area contributed by atoms with Crippen molar-refractivity contribution in [1.82, 2.24) is 0 Å². The van der Waals surface area contributed by atoms with Crippen LogP contribution in [0.25, 0.3) is 0 Å². The molecular weight excluding hydrogens is 202 g/mol. The van der Waals surface area contributed by atoms with E-state index in [1.807, 2.05) is 6.07 Å². The van der Waals surface area contributed by atoms with Gasteiger partial charge in [-0.1, -0.05) is 13.8 Å². The first-order chi connectivity index (χ1) is 7.58. The molecule has 2 N–H and O–H groups in total. The van der Waals surface area contributed by atoms with Gasteiger partial charge in [-0.3, -0.25) is 4.79 Å². The largest absolute Gasteiger partial charge is 0.508 e. The number of hydrogen-bond acceptors (Lipinski definition) is 2. The molecule has 1 heterocycles. The Morgan fingerprint density at radius 1 is 1.31 bits per heavy atom. The lowest BCUT2D eigenvalue weighted by molar-refractivity contribution is -0.116. The zero-order valence-corrected chi connectivity index (χ0v) is 9.71. The van der Waals surface area contributed by atoms with Crippen LogP contribution >= 0.6 is 0 Å². The van der Waals surface area contributed by atoms with Gasteiger partial charge in [-0.05, 0) is 36.0 Å². The van der Waals surface area contributed by atoms with Crippen molar-refractivity contribution in [2.75, 3.05) is 5.32 Å². The van der Waals surface area contributed by atoms with Crippen molar-refractivity contribution in [2.24, 2.45) is 0 Å². The summed E-state index contributed by atoms with van der Waals surface area (Å²) in [6.45, 7) is 4.10. The summed E-state index contributed by atoms with van der Waals surface area (Å²) < 4.78 is 0. The molecule has 0 fully saturated rings. The zero-order chi connectivity index (χ0) is 11.7. The summed E-state index contributed by atoms with van der Waals surface area (Å²) in [6.07, 6.45) is 2.33. The minimum Gasteiger partial charge on any atom is -0.508 e. The summed E-state index contributed by atoms with van der Waals surface area (Å²) in [5.41, 5.74) is 2.85. The summed E-state index contributed by atoms with van der Waals surface area (Å²) in [7, 11) is 0. The molecule has 1 aromatic carbocycles. The lowest BCUT2D eigenvalue weighted by atomic mass is 9.97. The molecule has 0 saturated heterocycles. The average Bonchev–Trinajstić information content (AvgIpc) is 2.36. The van der Waals surface area contributed by atoms with Crippen LogP contribution in [0, 0.1) is 0 Å². The van der Waals surface area contributed by atoms with Gasteiger partial charge < -0.3 is 10.4 Å². The van der Waals surface area contributed by atoms with Crippen LogP contribution in [0.5, 0.6) is 5.75 Å². The fourth-order valence-electron chi connectivity index (χ4n) is 2.09. The number of phenolic OH excluding ortho intramolecular Hbond substituents is 1. The second-order valence-corrected chi connectivity index (χ2v) is 4.62. The molecule has 3 nitrogen and oxygen atoms in total. The van der Waals surface area contributed by atoms with Crippen LogP contribution in [0.1, 0.15) is 43.7 Å². The van der Waals surface area contributed by atoms with Crippen LogP contribution in [0.2, 0.25) is 0 Å². The van der Waals surface area contributed by atoms with Crippen molar-refractivity contribution in [3.8, 4) is 5.75 Å². The molecule has 2 rings (SSSR count). The van der Waals surface area contributed by atoms with Crippen molar-refractivity contribution in [2.45, 2.75) is 39.0 Å². The van der Waals surface area contributed by atoms with Crippen LogP contribution in [0.15, 0.2) is 12.1 Å². The number of rotatable bonds is 1. The van der Waals surface area contributed by atoms with Crippen LogP contribution in [0.4, 0.5) is 5.69 Å². The van der Waals surface area contributed by atoms with E-state index in [9.17, 15) is 9.90 Å². The third-order valence-electron chi connectivity index (χ3n) is 3.00. The Kier molecular flexibility index (Phi) is 2.86. The van der Waals surface area contributed by atoms with Gasteiger partial charge in [0, 0.05) is 18.2 Å². The maximum atomic E-state index is 11.4. The summed E-state index contributed by atoms with van der Waals surface area (Å²) >= 11 is 0. The van der Waals surface area contributed by atoms with E-state index >= 15 is 0 Å². The Morgan fingerprint density at radius 3 is 2.75 bits per heavy atom. The van der Waals surface area contributed by atoms with Gasteiger partial charge in [0.05, 0.1) is 0 Å². The molecule has 1 amide bonds. The highest BCUT2D eigenvalue weighted by molar-refractivity contribution is 5.92. The summed E-state index contributed by atoms with van der Waals surface area (Å²) in [5, 5.41) is 12.7. The van der Waals surface area contributed by atoms with E-state index in [0.717, 1.165) is 29.7 Å². The predicted octanol–water partition coefficient (Wildman–Crippen LogP) is 2.79. The maximum absolute atomic E-state index is 11.4. The number of phenols is 1. The molecule has 0 aromatic heterocycles. The van der Waals surface area contributed by atoms with Crippen molar-refractivity contribution < 1.29 is 9.90 Å². The number of carbonyl (C=O) groups excluding carboxylic acids is 1. The lowest BCUT2D eigenvalue weighted by Gasteiger charge is -2.13. The molecule has 0 spiro atoms. The third-order valence-corrected chi connectivity index (χ3v) is 3.00. The van der Waals surface area contributed by atoms with E-state index in [1.165, 1.54) is 0 Å². The van der Waals surface area contributed by atoms with E-state index in [0.29, 0.717) is 12.3 Å². The fourth-order valence-corrected chi connectivity index (χ4v) is 2.09. The molecule has 1 aromatic rings. The molecule has 1 aliphatic rings. The number of aryl methyl sites for hydroxylation is 1. The molecule has 0 radical (unpaired) electrons. The van der Waals surface area contributed by atoms with Crippen molar-refractivity contribution in [3.63, 3.8) is 0 Å². The number of nitrogens with one attached hydrogen (secondary N) is 1. The highest BCUT2D eigenvalue weighted by Crippen LogP contribution is 2.33. The maximum Gasteiger partial charge on any atom is 0.224 e. The van der Waals surface area contributed by atoms with Gasteiger partial charge in [-0.25, -0.2) is 0 Å². The highest BCUT2D eigenvalue weighted by Gasteiger charge is 2.16. The Morgan fingerprint density at radius 2 is 2.06 bits per heavy atom. The molecule has 0 bridgehead atoms. The summed E-state index contributed by atoms with van der Waals surface area (Å²) in [4.78, 5) is 11.4. The SMILES string of the molecule is CC(C)c1cc2c(cc1O)NC(=O)CCC2. The van der Waals surface area contributed by atoms with E-state index in [4.69, 9.17) is 0 Å². The topological polar surface area (TPSA) is 49.3 Å². The van der Waals surface area contributed by atoms with Crippen molar-refractivity contribution in [1.29, 1.82) is 0 Å². The second kappa shape index (κ2) is 4.16. The first-order valence-corrected chi connectivity index (χ1v) is 5.73. The number of carbonyl (C=O) groups is 1. The van der Waals surface area contributed by atoms with E-state index < -0.39 is 0 Å². The smallest absolute Gasteiger partial charge is 0.224 e. The number of fused-ring (bicyclic) bond motifs is 1. The number of anilines is 1. The highest BCUT2D eigenvalue weighted by atomic mass is 16.3. The number of benzene rings is 1. The number of aromatic hydroxyl groups is 1. The second-order valence-electron chi connectivity index (χ2n) is 4.62. The van der Waals surface area contributed by atoms with Crippen LogP contribution < -0.4 is 5.32 Å². The third kappa shape index (κ3) is 2.03. The lowest BCUT2D eigenvalue weighted by Crippen LogP contribution is -2.09. The zero-order valence-electron chi connectivity index (χ0n) is 9.71. The van der Waals surface area contributed by atoms with Gasteiger partial charge in [0.15, 0.2) is 0 Å². The van der Waals surface area contributed by atoms with Gasteiger partial charge in [-0.15, -0.1) is 0 Å². The molecule has 3 heteroatoms. The van der Waals surface area contributed by atoms with Gasteiger partial charge in [0.2, 0.25) is 5.91 Å². The van der Waals surface area contributed by atoms with E-state index in [-0.39, 0.29) is 11.7 Å².